The Morgan fingerprint density at radius 1 is 1.17 bits per heavy atom. The van der Waals surface area contributed by atoms with Crippen LogP contribution in [0.5, 0.6) is 5.75 Å². The van der Waals surface area contributed by atoms with Gasteiger partial charge in [0.15, 0.2) is 0 Å². The van der Waals surface area contributed by atoms with Crippen LogP contribution < -0.4 is 10.1 Å². The molecule has 7 heteroatoms. The Hall–Kier alpha value is -2.73. The third-order valence-electron chi connectivity index (χ3n) is 3.65. The van der Waals surface area contributed by atoms with Crippen molar-refractivity contribution in [3.63, 3.8) is 0 Å². The molecular formula is C16H14ClN5O. The molecule has 0 bridgehead atoms. The molecule has 6 nitrogen and oxygen atoms in total. The number of benzene rings is 2. The number of halogens is 1. The minimum Gasteiger partial charge on any atom is -0.497 e. The van der Waals surface area contributed by atoms with Gasteiger partial charge in [-0.15, -0.1) is 0 Å². The second kappa shape index (κ2) is 5.48. The number of nitrogens with one attached hydrogen (secondary N) is 2. The van der Waals surface area contributed by atoms with E-state index in [1.54, 1.807) is 7.11 Å². The molecule has 0 radical (unpaired) electrons. The van der Waals surface area contributed by atoms with E-state index in [1.807, 2.05) is 47.0 Å². The molecule has 0 amide bonds. The van der Waals surface area contributed by atoms with E-state index in [0.717, 1.165) is 22.3 Å². The molecule has 0 fully saturated rings. The lowest BCUT2D eigenvalue weighted by molar-refractivity contribution is 0.414. The highest BCUT2D eigenvalue weighted by molar-refractivity contribution is 6.31. The topological polar surface area (TPSA) is 67.2 Å². The van der Waals surface area contributed by atoms with Gasteiger partial charge in [-0.2, -0.15) is 4.98 Å². The monoisotopic (exact) mass is 327 g/mol. The molecule has 0 aliphatic heterocycles. The van der Waals surface area contributed by atoms with Crippen LogP contribution in [0.15, 0.2) is 42.5 Å². The summed E-state index contributed by atoms with van der Waals surface area (Å²) in [7, 11) is 1.66. The van der Waals surface area contributed by atoms with Crippen LogP contribution in [0.3, 0.4) is 0 Å². The zero-order valence-electron chi connectivity index (χ0n) is 12.4. The molecule has 0 saturated carbocycles. The fraction of sp³-hybridized carbons (Fsp3) is 0.125. The van der Waals surface area contributed by atoms with Gasteiger partial charge in [-0.25, -0.2) is 9.50 Å². The third kappa shape index (κ3) is 2.57. The molecule has 0 aliphatic carbocycles. The number of H-pyrrole nitrogens is 1. The molecule has 4 aromatic rings. The van der Waals surface area contributed by atoms with Crippen molar-refractivity contribution in [1.29, 1.82) is 0 Å². The smallest absolute Gasteiger partial charge is 0.253 e. The van der Waals surface area contributed by atoms with Gasteiger partial charge in [-0.05, 0) is 35.9 Å². The van der Waals surface area contributed by atoms with Crippen molar-refractivity contribution < 1.29 is 4.74 Å². The number of hydrogen-bond donors (Lipinski definition) is 2. The summed E-state index contributed by atoms with van der Waals surface area (Å²) in [5, 5.41) is 7.11. The van der Waals surface area contributed by atoms with Crippen molar-refractivity contribution in [2.45, 2.75) is 6.54 Å². The minimum atomic E-state index is 0.611. The molecule has 2 aromatic heterocycles. The summed E-state index contributed by atoms with van der Waals surface area (Å²) in [5.74, 6) is 2.12. The number of methoxy groups -OCH3 is 1. The second-order valence-electron chi connectivity index (χ2n) is 5.15. The zero-order chi connectivity index (χ0) is 15.8. The Labute approximate surface area is 137 Å². The molecular weight excluding hydrogens is 314 g/mol. The van der Waals surface area contributed by atoms with Gasteiger partial charge in [0.1, 0.15) is 5.75 Å². The molecule has 0 spiro atoms. The SMILES string of the molecule is COc1ccc(CNc2nc3nc4cc(Cl)ccc4n3[nH]2)cc1. The summed E-state index contributed by atoms with van der Waals surface area (Å²) in [4.78, 5) is 8.90. The van der Waals surface area contributed by atoms with Crippen LogP contribution in [-0.4, -0.2) is 26.7 Å². The average Bonchev–Trinajstić information content (AvgIpc) is 3.10. The molecule has 0 saturated heterocycles. The molecule has 2 N–H and O–H groups in total. The van der Waals surface area contributed by atoms with Crippen molar-refractivity contribution in [1.82, 2.24) is 19.6 Å². The lowest BCUT2D eigenvalue weighted by Gasteiger charge is -2.04. The number of ether oxygens (including phenoxy) is 1. The fourth-order valence-electron chi connectivity index (χ4n) is 2.47. The minimum absolute atomic E-state index is 0.611. The van der Waals surface area contributed by atoms with Gasteiger partial charge in [-0.1, -0.05) is 23.7 Å². The lowest BCUT2D eigenvalue weighted by Crippen LogP contribution is -2.01. The van der Waals surface area contributed by atoms with Crippen molar-refractivity contribution in [2.75, 3.05) is 12.4 Å². The Morgan fingerprint density at radius 2 is 2.00 bits per heavy atom. The summed E-state index contributed by atoms with van der Waals surface area (Å²) in [6.07, 6.45) is 0. The zero-order valence-corrected chi connectivity index (χ0v) is 13.1. The van der Waals surface area contributed by atoms with E-state index < -0.39 is 0 Å². The van der Waals surface area contributed by atoms with Crippen LogP contribution in [0.2, 0.25) is 5.02 Å². The van der Waals surface area contributed by atoms with Gasteiger partial charge in [0.25, 0.3) is 5.78 Å². The quantitative estimate of drug-likeness (QED) is 0.602. The Bertz CT molecular complexity index is 973. The molecule has 2 aromatic carbocycles. The van der Waals surface area contributed by atoms with E-state index in [1.165, 1.54) is 0 Å². The first-order chi connectivity index (χ1) is 11.2. The second-order valence-corrected chi connectivity index (χ2v) is 5.59. The van der Waals surface area contributed by atoms with Crippen molar-refractivity contribution in [3.8, 4) is 5.75 Å². The van der Waals surface area contributed by atoms with Gasteiger partial charge in [0, 0.05) is 11.6 Å². The number of aromatic amines is 1. The Morgan fingerprint density at radius 3 is 2.78 bits per heavy atom. The summed E-state index contributed by atoms with van der Waals surface area (Å²) in [6.45, 7) is 0.657. The number of aromatic nitrogens is 4. The Kier molecular flexibility index (Phi) is 3.31. The van der Waals surface area contributed by atoms with E-state index in [4.69, 9.17) is 16.3 Å². The van der Waals surface area contributed by atoms with Gasteiger partial charge in [0.05, 0.1) is 18.1 Å². The summed E-state index contributed by atoms with van der Waals surface area (Å²) < 4.78 is 6.99. The molecule has 4 rings (SSSR count). The maximum absolute atomic E-state index is 5.98. The Balaban J connectivity index is 1.57. The average molecular weight is 328 g/mol. The van der Waals surface area contributed by atoms with Gasteiger partial charge in [-0.3, -0.25) is 5.10 Å². The van der Waals surface area contributed by atoms with E-state index in [-0.39, 0.29) is 0 Å². The predicted molar refractivity (Wildman–Crippen MR) is 90.2 cm³/mol. The molecule has 116 valence electrons. The van der Waals surface area contributed by atoms with Crippen molar-refractivity contribution >= 4 is 34.4 Å². The number of imidazole rings is 1. The van der Waals surface area contributed by atoms with Crippen LogP contribution in [-0.2, 0) is 6.54 Å². The van der Waals surface area contributed by atoms with Gasteiger partial charge < -0.3 is 10.1 Å². The molecule has 23 heavy (non-hydrogen) atoms. The van der Waals surface area contributed by atoms with Crippen LogP contribution in [0.25, 0.3) is 16.8 Å². The first kappa shape index (κ1) is 13.9. The summed E-state index contributed by atoms with van der Waals surface area (Å²) in [5.41, 5.74) is 2.89. The summed E-state index contributed by atoms with van der Waals surface area (Å²) >= 11 is 5.98. The van der Waals surface area contributed by atoms with Gasteiger partial charge >= 0.3 is 0 Å². The van der Waals surface area contributed by atoms with E-state index >= 15 is 0 Å². The largest absolute Gasteiger partial charge is 0.497 e. The molecule has 2 heterocycles. The van der Waals surface area contributed by atoms with Crippen molar-refractivity contribution in [3.05, 3.63) is 53.1 Å². The molecule has 0 aliphatic rings. The summed E-state index contributed by atoms with van der Waals surface area (Å²) in [6, 6.07) is 13.5. The van der Waals surface area contributed by atoms with Crippen LogP contribution in [0, 0.1) is 0 Å². The van der Waals surface area contributed by atoms with Gasteiger partial charge in [0.2, 0.25) is 5.95 Å². The van der Waals surface area contributed by atoms with E-state index in [9.17, 15) is 0 Å². The number of rotatable bonds is 4. The first-order valence-corrected chi connectivity index (χ1v) is 7.51. The standard InChI is InChI=1S/C16H14ClN5O/c1-23-12-5-2-10(3-6-12)9-18-15-20-16-19-13-8-11(17)4-7-14(13)22(16)21-15/h2-8H,9H2,1H3,(H2,18,19,20,21). The number of nitrogens with zero attached hydrogens (tertiary/aromatic N) is 3. The van der Waals surface area contributed by atoms with Crippen LogP contribution >= 0.6 is 11.6 Å². The number of fused-ring (bicyclic) bond motifs is 3. The van der Waals surface area contributed by atoms with Crippen molar-refractivity contribution in [2.24, 2.45) is 0 Å². The normalized spacial score (nSPS) is 11.2. The van der Waals surface area contributed by atoms with Crippen LogP contribution in [0.1, 0.15) is 5.56 Å². The molecule has 0 atom stereocenters. The van der Waals surface area contributed by atoms with Crippen LogP contribution in [0.4, 0.5) is 5.95 Å². The highest BCUT2D eigenvalue weighted by Gasteiger charge is 2.09. The third-order valence-corrected chi connectivity index (χ3v) is 3.88. The maximum Gasteiger partial charge on any atom is 0.253 e. The maximum atomic E-state index is 5.98. The predicted octanol–water partition coefficient (Wildman–Crippen LogP) is 3.48. The first-order valence-electron chi connectivity index (χ1n) is 7.13. The highest BCUT2D eigenvalue weighted by Crippen LogP contribution is 2.20. The number of hydrogen-bond acceptors (Lipinski definition) is 4. The van der Waals surface area contributed by atoms with E-state index in [0.29, 0.717) is 23.3 Å². The fourth-order valence-corrected chi connectivity index (χ4v) is 2.63. The van der Waals surface area contributed by atoms with E-state index in [2.05, 4.69) is 20.4 Å². The highest BCUT2D eigenvalue weighted by atomic mass is 35.5. The number of anilines is 1. The lowest BCUT2D eigenvalue weighted by atomic mass is 10.2. The molecule has 0 unspecified atom stereocenters.